The fraction of sp³-hybridized carbons (Fsp3) is 0.357. The molecule has 2 N–H and O–H groups in total. The topological polar surface area (TPSA) is 62.7 Å². The molecule has 0 radical (unpaired) electrons. The third-order valence-corrected chi connectivity index (χ3v) is 2.72. The molecule has 2 aromatic rings. The van der Waals surface area contributed by atoms with Gasteiger partial charge in [0.05, 0.1) is 0 Å². The molecule has 2 aromatic heterocycles. The highest BCUT2D eigenvalue weighted by atomic mass is 15.1. The highest BCUT2D eigenvalue weighted by Crippen LogP contribution is 2.17. The SMILES string of the molecule is CNCC(C)(C)Nc1ncc(-c2cccnc2)cn1. The normalized spacial score (nSPS) is 11.3. The first-order valence-corrected chi connectivity index (χ1v) is 6.26. The number of hydrogen-bond donors (Lipinski definition) is 2. The van der Waals surface area contributed by atoms with Crippen LogP contribution in [0.25, 0.3) is 11.1 Å². The van der Waals surface area contributed by atoms with E-state index in [1.807, 2.05) is 31.6 Å². The average Bonchev–Trinajstić information content (AvgIpc) is 2.40. The number of pyridine rings is 1. The Balaban J connectivity index is 2.11. The molecule has 2 rings (SSSR count). The summed E-state index contributed by atoms with van der Waals surface area (Å²) in [5, 5.41) is 6.44. The summed E-state index contributed by atoms with van der Waals surface area (Å²) in [4.78, 5) is 12.8. The van der Waals surface area contributed by atoms with Gasteiger partial charge in [-0.2, -0.15) is 0 Å². The van der Waals surface area contributed by atoms with E-state index in [1.165, 1.54) is 0 Å². The van der Waals surface area contributed by atoms with Crippen molar-refractivity contribution < 1.29 is 0 Å². The van der Waals surface area contributed by atoms with Crippen LogP contribution in [0.4, 0.5) is 5.95 Å². The predicted molar refractivity (Wildman–Crippen MR) is 76.9 cm³/mol. The molecule has 5 nitrogen and oxygen atoms in total. The Kier molecular flexibility index (Phi) is 4.06. The summed E-state index contributed by atoms with van der Waals surface area (Å²) in [6.45, 7) is 5.03. The Labute approximate surface area is 113 Å². The summed E-state index contributed by atoms with van der Waals surface area (Å²) in [6.07, 6.45) is 7.17. The molecule has 0 saturated heterocycles. The molecule has 2 heterocycles. The number of rotatable bonds is 5. The molecular weight excluding hydrogens is 238 g/mol. The molecule has 0 aliphatic heterocycles. The summed E-state index contributed by atoms with van der Waals surface area (Å²) in [5.41, 5.74) is 1.89. The largest absolute Gasteiger partial charge is 0.348 e. The van der Waals surface area contributed by atoms with Crippen LogP contribution in [-0.4, -0.2) is 34.1 Å². The Bertz CT molecular complexity index is 507. The quantitative estimate of drug-likeness (QED) is 0.857. The maximum absolute atomic E-state index is 4.34. The van der Waals surface area contributed by atoms with Crippen molar-refractivity contribution in [1.82, 2.24) is 20.3 Å². The van der Waals surface area contributed by atoms with Crippen molar-refractivity contribution in [2.75, 3.05) is 18.9 Å². The van der Waals surface area contributed by atoms with Crippen LogP contribution in [0.2, 0.25) is 0 Å². The maximum Gasteiger partial charge on any atom is 0.223 e. The summed E-state index contributed by atoms with van der Waals surface area (Å²) in [6, 6.07) is 3.89. The molecule has 19 heavy (non-hydrogen) atoms. The van der Waals surface area contributed by atoms with E-state index in [1.54, 1.807) is 12.4 Å². The van der Waals surface area contributed by atoms with E-state index in [2.05, 4.69) is 39.4 Å². The van der Waals surface area contributed by atoms with Crippen molar-refractivity contribution >= 4 is 5.95 Å². The first-order valence-electron chi connectivity index (χ1n) is 6.26. The smallest absolute Gasteiger partial charge is 0.223 e. The maximum atomic E-state index is 4.34. The van der Waals surface area contributed by atoms with Gasteiger partial charge >= 0.3 is 0 Å². The van der Waals surface area contributed by atoms with Crippen molar-refractivity contribution in [1.29, 1.82) is 0 Å². The van der Waals surface area contributed by atoms with Crippen LogP contribution < -0.4 is 10.6 Å². The van der Waals surface area contributed by atoms with Crippen molar-refractivity contribution in [2.24, 2.45) is 0 Å². The van der Waals surface area contributed by atoms with Crippen molar-refractivity contribution in [3.63, 3.8) is 0 Å². The van der Waals surface area contributed by atoms with Crippen molar-refractivity contribution in [3.05, 3.63) is 36.9 Å². The third-order valence-electron chi connectivity index (χ3n) is 2.72. The van der Waals surface area contributed by atoms with E-state index in [-0.39, 0.29) is 5.54 Å². The van der Waals surface area contributed by atoms with Crippen LogP contribution in [0.15, 0.2) is 36.9 Å². The minimum Gasteiger partial charge on any atom is -0.348 e. The molecule has 0 fully saturated rings. The number of likely N-dealkylation sites (N-methyl/N-ethyl adjacent to an activating group) is 1. The molecule has 0 unspecified atom stereocenters. The first-order chi connectivity index (χ1) is 9.11. The van der Waals surface area contributed by atoms with E-state index < -0.39 is 0 Å². The van der Waals surface area contributed by atoms with Gasteiger partial charge in [0.15, 0.2) is 0 Å². The summed E-state index contributed by atoms with van der Waals surface area (Å²) >= 11 is 0. The zero-order valence-electron chi connectivity index (χ0n) is 11.5. The van der Waals surface area contributed by atoms with Gasteiger partial charge in [-0.15, -0.1) is 0 Å². The van der Waals surface area contributed by atoms with Crippen LogP contribution in [0.1, 0.15) is 13.8 Å². The number of hydrogen-bond acceptors (Lipinski definition) is 5. The van der Waals surface area contributed by atoms with Gasteiger partial charge in [-0.05, 0) is 27.0 Å². The lowest BCUT2D eigenvalue weighted by molar-refractivity contribution is 0.526. The van der Waals surface area contributed by atoms with Crippen LogP contribution in [0.3, 0.4) is 0 Å². The van der Waals surface area contributed by atoms with E-state index in [0.29, 0.717) is 5.95 Å². The molecular formula is C14H19N5. The summed E-state index contributed by atoms with van der Waals surface area (Å²) in [7, 11) is 1.93. The van der Waals surface area contributed by atoms with Crippen molar-refractivity contribution in [3.8, 4) is 11.1 Å². The minimum atomic E-state index is -0.0927. The van der Waals surface area contributed by atoms with Crippen LogP contribution in [0.5, 0.6) is 0 Å². The molecule has 100 valence electrons. The van der Waals surface area contributed by atoms with E-state index >= 15 is 0 Å². The lowest BCUT2D eigenvalue weighted by atomic mass is 10.1. The monoisotopic (exact) mass is 257 g/mol. The third kappa shape index (κ3) is 3.72. The lowest BCUT2D eigenvalue weighted by Gasteiger charge is -2.25. The summed E-state index contributed by atoms with van der Waals surface area (Å²) in [5.74, 6) is 0.632. The zero-order chi connectivity index (χ0) is 13.7. The molecule has 0 bridgehead atoms. The van der Waals surface area contributed by atoms with Crippen LogP contribution in [-0.2, 0) is 0 Å². The van der Waals surface area contributed by atoms with Gasteiger partial charge in [-0.25, -0.2) is 9.97 Å². The molecule has 0 spiro atoms. The van der Waals surface area contributed by atoms with Gasteiger partial charge in [-0.1, -0.05) is 6.07 Å². The molecule has 0 saturated carbocycles. The van der Waals surface area contributed by atoms with Gasteiger partial charge < -0.3 is 10.6 Å². The molecule has 0 aliphatic carbocycles. The number of nitrogens with zero attached hydrogens (tertiary/aromatic N) is 3. The number of anilines is 1. The van der Waals surface area contributed by atoms with Gasteiger partial charge in [0, 0.05) is 48.0 Å². The molecule has 0 aliphatic rings. The van der Waals surface area contributed by atoms with Crippen LogP contribution in [0, 0.1) is 0 Å². The zero-order valence-corrected chi connectivity index (χ0v) is 11.5. The van der Waals surface area contributed by atoms with E-state index in [4.69, 9.17) is 0 Å². The molecule has 0 aromatic carbocycles. The van der Waals surface area contributed by atoms with Crippen LogP contribution >= 0.6 is 0 Å². The Morgan fingerprint density at radius 3 is 2.42 bits per heavy atom. The average molecular weight is 257 g/mol. The van der Waals surface area contributed by atoms with Crippen molar-refractivity contribution in [2.45, 2.75) is 19.4 Å². The number of nitrogens with one attached hydrogen (secondary N) is 2. The Morgan fingerprint density at radius 1 is 1.11 bits per heavy atom. The Morgan fingerprint density at radius 2 is 1.84 bits per heavy atom. The van der Waals surface area contributed by atoms with E-state index in [9.17, 15) is 0 Å². The second kappa shape index (κ2) is 5.75. The Hall–Kier alpha value is -2.01. The fourth-order valence-electron chi connectivity index (χ4n) is 1.86. The molecule has 0 atom stereocenters. The minimum absolute atomic E-state index is 0.0927. The first kappa shape index (κ1) is 13.4. The van der Waals surface area contributed by atoms with Gasteiger partial charge in [0.25, 0.3) is 0 Å². The highest BCUT2D eigenvalue weighted by molar-refractivity contribution is 5.60. The second-order valence-corrected chi connectivity index (χ2v) is 5.08. The molecule has 0 amide bonds. The fourth-order valence-corrected chi connectivity index (χ4v) is 1.86. The van der Waals surface area contributed by atoms with Gasteiger partial charge in [-0.3, -0.25) is 4.98 Å². The summed E-state index contributed by atoms with van der Waals surface area (Å²) < 4.78 is 0. The second-order valence-electron chi connectivity index (χ2n) is 5.08. The van der Waals surface area contributed by atoms with Gasteiger partial charge in [0.1, 0.15) is 0 Å². The predicted octanol–water partition coefficient (Wildman–Crippen LogP) is 1.95. The standard InChI is InChI=1S/C14H19N5/c1-14(2,10-15-3)19-13-17-8-12(9-18-13)11-5-4-6-16-7-11/h4-9,15H,10H2,1-3H3,(H,17,18,19). The highest BCUT2D eigenvalue weighted by Gasteiger charge is 2.17. The molecule has 5 heteroatoms. The van der Waals surface area contributed by atoms with Gasteiger partial charge in [0.2, 0.25) is 5.95 Å². The van der Waals surface area contributed by atoms with E-state index in [0.717, 1.165) is 17.7 Å². The number of aromatic nitrogens is 3. The lowest BCUT2D eigenvalue weighted by Crippen LogP contribution is -2.41.